The first kappa shape index (κ1) is 15.5. The predicted octanol–water partition coefficient (Wildman–Crippen LogP) is 2.39. The molecule has 4 N–H and O–H groups in total. The summed E-state index contributed by atoms with van der Waals surface area (Å²) >= 11 is 0. The molecule has 0 bridgehead atoms. The van der Waals surface area contributed by atoms with E-state index in [1.165, 1.54) is 6.07 Å². The summed E-state index contributed by atoms with van der Waals surface area (Å²) in [5.41, 5.74) is 1.10. The van der Waals surface area contributed by atoms with Crippen LogP contribution in [-0.2, 0) is 4.74 Å². The molecular formula is C16H17N5O4. The highest BCUT2D eigenvalue weighted by Gasteiger charge is 2.21. The fraction of sp³-hybridized carbons (Fsp3) is 0.312. The van der Waals surface area contributed by atoms with Crippen molar-refractivity contribution in [1.29, 1.82) is 0 Å². The van der Waals surface area contributed by atoms with Crippen LogP contribution in [0.1, 0.15) is 25.5 Å². The molecule has 1 aliphatic rings. The highest BCUT2D eigenvalue weighted by molar-refractivity contribution is 5.86. The number of benzene rings is 1. The number of aromatic hydroxyl groups is 3. The van der Waals surface area contributed by atoms with E-state index in [2.05, 4.69) is 20.3 Å². The van der Waals surface area contributed by atoms with Gasteiger partial charge in [-0.3, -0.25) is 4.57 Å². The Morgan fingerprint density at radius 2 is 2.04 bits per heavy atom. The van der Waals surface area contributed by atoms with Crippen molar-refractivity contribution < 1.29 is 20.1 Å². The lowest BCUT2D eigenvalue weighted by Crippen LogP contribution is -2.17. The van der Waals surface area contributed by atoms with E-state index in [0.29, 0.717) is 17.8 Å². The maximum absolute atomic E-state index is 9.95. The van der Waals surface area contributed by atoms with E-state index >= 15 is 0 Å². The molecule has 0 spiro atoms. The van der Waals surface area contributed by atoms with Crippen molar-refractivity contribution in [2.75, 3.05) is 11.9 Å². The van der Waals surface area contributed by atoms with E-state index in [1.807, 2.05) is 0 Å². The monoisotopic (exact) mass is 343 g/mol. The molecule has 1 unspecified atom stereocenters. The molecule has 3 heterocycles. The maximum atomic E-state index is 9.95. The van der Waals surface area contributed by atoms with Crippen LogP contribution < -0.4 is 5.32 Å². The number of nitrogens with zero attached hydrogens (tertiary/aromatic N) is 4. The summed E-state index contributed by atoms with van der Waals surface area (Å²) in [5.74, 6) is -0.359. The number of imidazole rings is 1. The number of hydrogen-bond donors (Lipinski definition) is 4. The second kappa shape index (κ2) is 6.10. The van der Waals surface area contributed by atoms with Gasteiger partial charge in [0.25, 0.3) is 0 Å². The van der Waals surface area contributed by atoms with Crippen LogP contribution in [0.15, 0.2) is 24.5 Å². The summed E-state index contributed by atoms with van der Waals surface area (Å²) in [5, 5.41) is 32.3. The van der Waals surface area contributed by atoms with Gasteiger partial charge in [-0.25, -0.2) is 4.98 Å². The third-order valence-electron chi connectivity index (χ3n) is 4.14. The number of phenols is 2. The third-order valence-corrected chi connectivity index (χ3v) is 4.14. The second-order valence-corrected chi connectivity index (χ2v) is 5.82. The number of phenolic OH excluding ortho intramolecular Hbond substituents is 2. The summed E-state index contributed by atoms with van der Waals surface area (Å²) in [6.07, 6.45) is 4.32. The quantitative estimate of drug-likeness (QED) is 0.534. The average molecular weight is 343 g/mol. The standard InChI is InChI=1S/C16H17N5O4/c22-10-5-3-4-9(13(10)23)18-14-12-15(20-16(24)19-14)21(8-17-12)11-6-1-2-7-25-11/h3-5,8,11,22-23H,1-2,6-7H2,(H2,18,19,20,24). The number of rotatable bonds is 3. The molecule has 0 radical (unpaired) electrons. The summed E-state index contributed by atoms with van der Waals surface area (Å²) in [6, 6.07) is 4.08. The van der Waals surface area contributed by atoms with Gasteiger partial charge < -0.3 is 25.4 Å². The topological polar surface area (TPSA) is 126 Å². The van der Waals surface area contributed by atoms with Gasteiger partial charge in [0.2, 0.25) is 0 Å². The Hall–Kier alpha value is -3.07. The summed E-state index contributed by atoms with van der Waals surface area (Å²) < 4.78 is 7.52. The second-order valence-electron chi connectivity index (χ2n) is 5.82. The largest absolute Gasteiger partial charge is 0.504 e. The number of ether oxygens (including phenoxy) is 1. The van der Waals surface area contributed by atoms with E-state index in [0.717, 1.165) is 19.3 Å². The smallest absolute Gasteiger partial charge is 0.318 e. The van der Waals surface area contributed by atoms with E-state index in [1.54, 1.807) is 23.0 Å². The van der Waals surface area contributed by atoms with Gasteiger partial charge in [-0.2, -0.15) is 9.97 Å². The van der Waals surface area contributed by atoms with E-state index in [-0.39, 0.29) is 29.2 Å². The molecule has 1 aliphatic heterocycles. The Labute approximate surface area is 142 Å². The molecule has 0 aliphatic carbocycles. The van der Waals surface area contributed by atoms with Crippen molar-refractivity contribution in [2.45, 2.75) is 25.5 Å². The third kappa shape index (κ3) is 2.78. The van der Waals surface area contributed by atoms with E-state index in [9.17, 15) is 15.3 Å². The van der Waals surface area contributed by atoms with Gasteiger partial charge in [-0.15, -0.1) is 0 Å². The van der Waals surface area contributed by atoms with Crippen molar-refractivity contribution in [3.05, 3.63) is 24.5 Å². The number of anilines is 2. The zero-order valence-corrected chi connectivity index (χ0v) is 13.3. The Bertz CT molecular complexity index is 920. The van der Waals surface area contributed by atoms with Crippen molar-refractivity contribution in [1.82, 2.24) is 19.5 Å². The van der Waals surface area contributed by atoms with Gasteiger partial charge in [0.05, 0.1) is 12.0 Å². The normalized spacial score (nSPS) is 17.7. The first-order valence-electron chi connectivity index (χ1n) is 7.96. The number of para-hydroxylation sites is 1. The van der Waals surface area contributed by atoms with Crippen LogP contribution in [0.3, 0.4) is 0 Å². The number of nitrogens with one attached hydrogen (secondary N) is 1. The Morgan fingerprint density at radius 3 is 2.84 bits per heavy atom. The molecule has 9 nitrogen and oxygen atoms in total. The number of fused-ring (bicyclic) bond motifs is 1. The van der Waals surface area contributed by atoms with Crippen molar-refractivity contribution >= 4 is 22.7 Å². The minimum Gasteiger partial charge on any atom is -0.504 e. The van der Waals surface area contributed by atoms with Crippen LogP contribution in [0.4, 0.5) is 11.5 Å². The van der Waals surface area contributed by atoms with E-state index < -0.39 is 6.01 Å². The molecule has 1 atom stereocenters. The van der Waals surface area contributed by atoms with Crippen LogP contribution in [-0.4, -0.2) is 41.4 Å². The minimum atomic E-state index is -0.424. The summed E-state index contributed by atoms with van der Waals surface area (Å²) in [7, 11) is 0. The lowest BCUT2D eigenvalue weighted by atomic mass is 10.2. The van der Waals surface area contributed by atoms with Crippen LogP contribution in [0.5, 0.6) is 17.5 Å². The van der Waals surface area contributed by atoms with Gasteiger partial charge in [-0.1, -0.05) is 6.07 Å². The zero-order valence-electron chi connectivity index (χ0n) is 13.3. The molecular weight excluding hydrogens is 326 g/mol. The van der Waals surface area contributed by atoms with Gasteiger partial charge in [0.15, 0.2) is 28.5 Å². The van der Waals surface area contributed by atoms with Gasteiger partial charge in [0.1, 0.15) is 6.23 Å². The van der Waals surface area contributed by atoms with E-state index in [4.69, 9.17) is 4.74 Å². The average Bonchev–Trinajstić information content (AvgIpc) is 3.03. The molecule has 0 saturated carbocycles. The number of hydrogen-bond acceptors (Lipinski definition) is 8. The highest BCUT2D eigenvalue weighted by Crippen LogP contribution is 2.36. The van der Waals surface area contributed by atoms with Crippen LogP contribution >= 0.6 is 0 Å². The lowest BCUT2D eigenvalue weighted by Gasteiger charge is -2.23. The fourth-order valence-corrected chi connectivity index (χ4v) is 2.91. The molecule has 9 heteroatoms. The molecule has 0 amide bonds. The minimum absolute atomic E-state index is 0.185. The highest BCUT2D eigenvalue weighted by atomic mass is 16.5. The van der Waals surface area contributed by atoms with Gasteiger partial charge >= 0.3 is 6.01 Å². The molecule has 130 valence electrons. The SMILES string of the molecule is Oc1nc(Nc2cccc(O)c2O)c2ncn(C3CCCCO3)c2n1. The Kier molecular flexibility index (Phi) is 3.77. The fourth-order valence-electron chi connectivity index (χ4n) is 2.91. The molecule has 1 aromatic carbocycles. The molecule has 25 heavy (non-hydrogen) atoms. The van der Waals surface area contributed by atoms with Crippen LogP contribution in [0, 0.1) is 0 Å². The Morgan fingerprint density at radius 1 is 1.16 bits per heavy atom. The first-order chi connectivity index (χ1) is 12.1. The predicted molar refractivity (Wildman–Crippen MR) is 88.9 cm³/mol. The van der Waals surface area contributed by atoms with Crippen molar-refractivity contribution in [2.24, 2.45) is 0 Å². The van der Waals surface area contributed by atoms with Crippen LogP contribution in [0.2, 0.25) is 0 Å². The summed E-state index contributed by atoms with van der Waals surface area (Å²) in [4.78, 5) is 12.3. The van der Waals surface area contributed by atoms with Gasteiger partial charge in [-0.05, 0) is 31.4 Å². The molecule has 3 aromatic rings. The molecule has 1 fully saturated rings. The summed E-state index contributed by atoms with van der Waals surface area (Å²) in [6.45, 7) is 0.670. The van der Waals surface area contributed by atoms with Crippen molar-refractivity contribution in [3.8, 4) is 17.5 Å². The Balaban J connectivity index is 1.77. The first-order valence-corrected chi connectivity index (χ1v) is 7.96. The lowest BCUT2D eigenvalue weighted by molar-refractivity contribution is -0.0298. The number of aromatic nitrogens is 4. The maximum Gasteiger partial charge on any atom is 0.318 e. The molecule has 1 saturated heterocycles. The van der Waals surface area contributed by atoms with Crippen LogP contribution in [0.25, 0.3) is 11.2 Å². The van der Waals surface area contributed by atoms with Crippen molar-refractivity contribution in [3.63, 3.8) is 0 Å². The zero-order chi connectivity index (χ0) is 17.4. The molecule has 2 aromatic heterocycles. The van der Waals surface area contributed by atoms with Gasteiger partial charge in [0, 0.05) is 6.61 Å². The molecule has 4 rings (SSSR count).